The van der Waals surface area contributed by atoms with Crippen molar-refractivity contribution < 1.29 is 61.6 Å². The molecule has 322 valence electrons. The number of ether oxygens (including phenoxy) is 12. The highest BCUT2D eigenvalue weighted by atomic mass is 127. The average Bonchev–Trinajstić information content (AvgIpc) is 3.84. The molecular formula is C44H61IO13. The van der Waals surface area contributed by atoms with Crippen LogP contribution in [0.15, 0.2) is 24.3 Å². The van der Waals surface area contributed by atoms with Gasteiger partial charge in [0.05, 0.1) is 67.5 Å². The molecule has 12 saturated heterocycles. The van der Waals surface area contributed by atoms with Crippen molar-refractivity contribution in [2.75, 3.05) is 4.43 Å². The molecule has 14 heteroatoms. The Kier molecular flexibility index (Phi) is 10.3. The summed E-state index contributed by atoms with van der Waals surface area (Å²) in [6, 6.07) is 0. The van der Waals surface area contributed by atoms with Crippen LogP contribution in [-0.4, -0.2) is 132 Å². The summed E-state index contributed by atoms with van der Waals surface area (Å²) in [5, 5.41) is 0. The third kappa shape index (κ3) is 6.41. The fourth-order valence-corrected chi connectivity index (χ4v) is 13.8. The number of alkyl halides is 1. The van der Waals surface area contributed by atoms with Crippen molar-refractivity contribution in [1.29, 1.82) is 0 Å². The van der Waals surface area contributed by atoms with Gasteiger partial charge < -0.3 is 56.8 Å². The summed E-state index contributed by atoms with van der Waals surface area (Å²) in [5.74, 6) is -2.04. The Morgan fingerprint density at radius 3 is 2.28 bits per heavy atom. The van der Waals surface area contributed by atoms with E-state index in [1.807, 2.05) is 6.92 Å². The smallest absolute Gasteiger partial charge is 0.308 e. The van der Waals surface area contributed by atoms with E-state index in [9.17, 15) is 4.79 Å². The molecule has 12 bridgehead atoms. The molecule has 2 spiro atoms. The lowest BCUT2D eigenvalue weighted by Gasteiger charge is -2.51. The molecule has 12 rings (SSSR count). The minimum absolute atomic E-state index is 0.0316. The van der Waals surface area contributed by atoms with Crippen LogP contribution in [0.4, 0.5) is 0 Å². The molecule has 12 aliphatic rings. The average molecular weight is 925 g/mol. The van der Waals surface area contributed by atoms with E-state index < -0.39 is 66.7 Å². The van der Waals surface area contributed by atoms with Gasteiger partial charge in [0.15, 0.2) is 12.4 Å². The highest BCUT2D eigenvalue weighted by molar-refractivity contribution is 14.1. The topological polar surface area (TPSA) is 128 Å². The van der Waals surface area contributed by atoms with Gasteiger partial charge in [0, 0.05) is 23.2 Å². The largest absolute Gasteiger partial charge is 0.459 e. The highest BCUT2D eigenvalue weighted by Crippen LogP contribution is 2.62. The molecule has 0 aliphatic carbocycles. The molecule has 58 heavy (non-hydrogen) atoms. The second-order valence-electron chi connectivity index (χ2n) is 19.5. The van der Waals surface area contributed by atoms with E-state index in [-0.39, 0.29) is 79.2 Å². The fourth-order valence-electron chi connectivity index (χ4n) is 12.7. The molecule has 23 unspecified atom stereocenters. The second-order valence-corrected chi connectivity index (χ2v) is 20.4. The lowest BCUT2D eigenvalue weighted by molar-refractivity contribution is -0.327. The molecule has 0 aromatic heterocycles. The number of carbonyl (C=O) groups is 1. The number of hydrogen-bond acceptors (Lipinski definition) is 13. The molecule has 0 aromatic carbocycles. The van der Waals surface area contributed by atoms with Gasteiger partial charge in [0.2, 0.25) is 11.6 Å². The maximum absolute atomic E-state index is 14.2. The summed E-state index contributed by atoms with van der Waals surface area (Å²) in [4.78, 5) is 14.2. The van der Waals surface area contributed by atoms with Gasteiger partial charge in [0.1, 0.15) is 36.6 Å². The molecule has 12 heterocycles. The van der Waals surface area contributed by atoms with E-state index in [4.69, 9.17) is 56.8 Å². The zero-order valence-corrected chi connectivity index (χ0v) is 36.4. The maximum Gasteiger partial charge on any atom is 0.308 e. The zero-order valence-electron chi connectivity index (χ0n) is 34.2. The van der Waals surface area contributed by atoms with E-state index in [1.165, 1.54) is 0 Å². The van der Waals surface area contributed by atoms with Crippen LogP contribution in [0, 0.1) is 17.8 Å². The van der Waals surface area contributed by atoms with Gasteiger partial charge >= 0.3 is 5.97 Å². The van der Waals surface area contributed by atoms with Crippen LogP contribution in [0.25, 0.3) is 0 Å². The normalized spacial score (nSPS) is 57.5. The molecule has 12 fully saturated rings. The summed E-state index contributed by atoms with van der Waals surface area (Å²) < 4.78 is 82.4. The Morgan fingerprint density at radius 1 is 0.655 bits per heavy atom. The van der Waals surface area contributed by atoms with Gasteiger partial charge in [0.25, 0.3) is 0 Å². The molecule has 0 aromatic rings. The van der Waals surface area contributed by atoms with E-state index >= 15 is 0 Å². The predicted octanol–water partition coefficient (Wildman–Crippen LogP) is 5.61. The molecule has 0 saturated carbocycles. The van der Waals surface area contributed by atoms with Gasteiger partial charge in [-0.05, 0) is 81.3 Å². The van der Waals surface area contributed by atoms with Crippen LogP contribution in [0.3, 0.4) is 0 Å². The monoisotopic (exact) mass is 924 g/mol. The maximum atomic E-state index is 14.2. The lowest BCUT2D eigenvalue weighted by atomic mass is 9.78. The Bertz CT molecular complexity index is 1650. The van der Waals surface area contributed by atoms with Crippen molar-refractivity contribution in [3.05, 3.63) is 24.3 Å². The number of esters is 1. The zero-order chi connectivity index (χ0) is 39.8. The van der Waals surface area contributed by atoms with Crippen LogP contribution >= 0.6 is 22.6 Å². The second kappa shape index (κ2) is 14.9. The van der Waals surface area contributed by atoms with Gasteiger partial charge in [-0.25, -0.2) is 0 Å². The number of halogens is 1. The fraction of sp³-hybridized carbons (Fsp3) is 0.886. The van der Waals surface area contributed by atoms with Crippen LogP contribution in [-0.2, 0) is 61.6 Å². The Balaban J connectivity index is 0.904. The first-order valence-electron chi connectivity index (χ1n) is 22.3. The molecule has 23 atom stereocenters. The van der Waals surface area contributed by atoms with Gasteiger partial charge in [-0.15, -0.1) is 0 Å². The van der Waals surface area contributed by atoms with E-state index in [0.29, 0.717) is 38.0 Å². The van der Waals surface area contributed by atoms with Crippen LogP contribution in [0.2, 0.25) is 0 Å². The predicted molar refractivity (Wildman–Crippen MR) is 213 cm³/mol. The van der Waals surface area contributed by atoms with Crippen LogP contribution in [0.5, 0.6) is 0 Å². The van der Waals surface area contributed by atoms with Gasteiger partial charge in [-0.3, -0.25) is 4.79 Å². The third-order valence-electron chi connectivity index (χ3n) is 15.7. The summed E-state index contributed by atoms with van der Waals surface area (Å²) in [5.41, 5.74) is 2.19. The molecule has 0 N–H and O–H groups in total. The Hall–Kier alpha value is -0.760. The van der Waals surface area contributed by atoms with Crippen molar-refractivity contribution >= 4 is 28.6 Å². The molecule has 12 aliphatic heterocycles. The van der Waals surface area contributed by atoms with Gasteiger partial charge in [-0.2, -0.15) is 0 Å². The van der Waals surface area contributed by atoms with Gasteiger partial charge in [-0.1, -0.05) is 56.5 Å². The summed E-state index contributed by atoms with van der Waals surface area (Å²) >= 11 is 2.41. The highest BCUT2D eigenvalue weighted by Gasteiger charge is 2.83. The minimum atomic E-state index is -1.15. The first-order chi connectivity index (χ1) is 27.9. The third-order valence-corrected chi connectivity index (χ3v) is 16.6. The summed E-state index contributed by atoms with van der Waals surface area (Å²) in [7, 11) is 0. The Labute approximate surface area is 355 Å². The van der Waals surface area contributed by atoms with Crippen molar-refractivity contribution in [3.8, 4) is 0 Å². The molecule has 0 radical (unpaired) electrons. The summed E-state index contributed by atoms with van der Waals surface area (Å²) in [6.45, 7) is 17.5. The first-order valence-corrected chi connectivity index (χ1v) is 23.9. The molecule has 0 amide bonds. The van der Waals surface area contributed by atoms with Crippen molar-refractivity contribution in [1.82, 2.24) is 0 Å². The van der Waals surface area contributed by atoms with E-state index in [1.54, 1.807) is 0 Å². The number of hydrogen-bond donors (Lipinski definition) is 0. The minimum Gasteiger partial charge on any atom is -0.459 e. The molecule has 13 nitrogen and oxygen atoms in total. The SMILES string of the molecule is C=C1CC2CCC34OC5C6OC(CCC6OC6C5OC5(OC(C)OC35)C6O4)CC(=O)OC3C(CC4OC(CCC1O2)CC(C)C4=C)OC1CC(C)C(CI)OC1C3C. The van der Waals surface area contributed by atoms with E-state index in [0.717, 1.165) is 47.7 Å². The van der Waals surface area contributed by atoms with Crippen molar-refractivity contribution in [2.24, 2.45) is 17.8 Å². The van der Waals surface area contributed by atoms with Crippen molar-refractivity contribution in [2.45, 2.75) is 220 Å². The molecular weight excluding hydrogens is 863 g/mol. The standard InChI is InChI=1S/C44H61IO13/c1-19-13-25-7-9-28-20(2)14-27(48-28)11-12-43-42-44(55-24(6)47-42)41(58-43)40-39(57-44)38(56-43)37-29(52-40)10-8-26(50-37)16-34(46)54-36-23(5)35-31(15-21(3)33(18-45)53-35)51-32(36)17-30(49-25)22(19)4/h19,21,23-33,35-42H,2,4,7-18H2,1,3,5-6H3. The van der Waals surface area contributed by atoms with Crippen molar-refractivity contribution in [3.63, 3.8) is 0 Å². The first kappa shape index (κ1) is 40.0. The Morgan fingerprint density at radius 2 is 1.43 bits per heavy atom. The number of rotatable bonds is 1. The van der Waals surface area contributed by atoms with Crippen LogP contribution in [0.1, 0.15) is 98.3 Å². The van der Waals surface area contributed by atoms with E-state index in [2.05, 4.69) is 56.5 Å². The lowest BCUT2D eigenvalue weighted by Crippen LogP contribution is -2.63. The van der Waals surface area contributed by atoms with Crippen LogP contribution < -0.4 is 0 Å². The quantitative estimate of drug-likeness (QED) is 0.140. The number of fused-ring (bicyclic) bond motifs is 7. The number of carbonyl (C=O) groups excluding carboxylic acids is 1. The summed E-state index contributed by atoms with van der Waals surface area (Å²) in [6.07, 6.45) is 1.97.